The van der Waals surface area contributed by atoms with Crippen molar-refractivity contribution in [2.45, 2.75) is 26.3 Å². The first kappa shape index (κ1) is 14.7. The van der Waals surface area contributed by atoms with Crippen LogP contribution in [0.5, 0.6) is 0 Å². The second kappa shape index (κ2) is 5.50. The van der Waals surface area contributed by atoms with Gasteiger partial charge in [0.25, 0.3) is 0 Å². The lowest BCUT2D eigenvalue weighted by molar-refractivity contribution is 0.591. The van der Waals surface area contributed by atoms with Crippen molar-refractivity contribution in [1.82, 2.24) is 0 Å². The number of sulfone groups is 1. The summed E-state index contributed by atoms with van der Waals surface area (Å²) in [4.78, 5) is 0. The fraction of sp³-hybridized carbons (Fsp3) is 0.500. The molecule has 0 aromatic heterocycles. The molecule has 0 fully saturated rings. The topological polar surface area (TPSA) is 60.2 Å². The predicted molar refractivity (Wildman–Crippen MR) is 74.9 cm³/mol. The summed E-state index contributed by atoms with van der Waals surface area (Å²) in [5.41, 5.74) is 9.24. The highest BCUT2D eigenvalue weighted by atomic mass is 79.9. The van der Waals surface area contributed by atoms with E-state index in [4.69, 9.17) is 5.73 Å². The lowest BCUT2D eigenvalue weighted by Crippen LogP contribution is -2.16. The zero-order valence-corrected chi connectivity index (χ0v) is 12.7. The molecular formula is C12H18BrNO2S. The van der Waals surface area contributed by atoms with Crippen LogP contribution in [0.3, 0.4) is 0 Å². The van der Waals surface area contributed by atoms with Crippen molar-refractivity contribution in [2.75, 3.05) is 12.0 Å². The van der Waals surface area contributed by atoms with Crippen molar-refractivity contribution < 1.29 is 8.42 Å². The molecule has 0 aliphatic heterocycles. The largest absolute Gasteiger partial charge is 0.324 e. The maximum Gasteiger partial charge on any atom is 0.147 e. The van der Waals surface area contributed by atoms with E-state index in [2.05, 4.69) is 15.9 Å². The van der Waals surface area contributed by atoms with Gasteiger partial charge < -0.3 is 5.73 Å². The van der Waals surface area contributed by atoms with E-state index in [9.17, 15) is 8.42 Å². The van der Waals surface area contributed by atoms with Gasteiger partial charge in [-0.3, -0.25) is 0 Å². The standard InChI is InChI=1S/C12H18BrNO2S/c1-8-6-10(7-9(2)12(8)13)11(14)4-5-17(3,15)16/h6-7,11H,4-5,14H2,1-3H3. The summed E-state index contributed by atoms with van der Waals surface area (Å²) in [6, 6.07) is 3.78. The van der Waals surface area contributed by atoms with Gasteiger partial charge in [0.2, 0.25) is 0 Å². The van der Waals surface area contributed by atoms with Gasteiger partial charge in [-0.2, -0.15) is 0 Å². The average Bonchev–Trinajstić information content (AvgIpc) is 2.20. The van der Waals surface area contributed by atoms with Gasteiger partial charge in [0.1, 0.15) is 9.84 Å². The third kappa shape index (κ3) is 4.41. The maximum absolute atomic E-state index is 11.1. The van der Waals surface area contributed by atoms with Crippen molar-refractivity contribution in [3.05, 3.63) is 33.3 Å². The zero-order chi connectivity index (χ0) is 13.2. The Kier molecular flexibility index (Phi) is 4.75. The minimum atomic E-state index is -2.94. The molecule has 0 aliphatic rings. The van der Waals surface area contributed by atoms with Gasteiger partial charge in [0.05, 0.1) is 5.75 Å². The molecule has 1 aromatic rings. The van der Waals surface area contributed by atoms with Gasteiger partial charge in [0.15, 0.2) is 0 Å². The molecule has 0 saturated carbocycles. The van der Waals surface area contributed by atoms with Gasteiger partial charge in [-0.1, -0.05) is 28.1 Å². The number of benzene rings is 1. The van der Waals surface area contributed by atoms with Gasteiger partial charge in [-0.25, -0.2) is 8.42 Å². The Hall–Kier alpha value is -0.390. The molecule has 0 saturated heterocycles. The van der Waals surface area contributed by atoms with Crippen LogP contribution in [0, 0.1) is 13.8 Å². The van der Waals surface area contributed by atoms with Crippen LogP contribution in [0.4, 0.5) is 0 Å². The highest BCUT2D eigenvalue weighted by Gasteiger charge is 2.12. The molecule has 5 heteroatoms. The molecule has 1 rings (SSSR count). The fourth-order valence-corrected chi connectivity index (χ4v) is 2.61. The van der Waals surface area contributed by atoms with E-state index >= 15 is 0 Å². The van der Waals surface area contributed by atoms with E-state index in [1.165, 1.54) is 6.26 Å². The van der Waals surface area contributed by atoms with Crippen molar-refractivity contribution in [1.29, 1.82) is 0 Å². The van der Waals surface area contributed by atoms with Crippen LogP contribution in [-0.4, -0.2) is 20.4 Å². The lowest BCUT2D eigenvalue weighted by atomic mass is 10.0. The maximum atomic E-state index is 11.1. The Morgan fingerprint density at radius 2 is 1.76 bits per heavy atom. The molecule has 0 amide bonds. The number of hydrogen-bond donors (Lipinski definition) is 1. The first-order valence-electron chi connectivity index (χ1n) is 5.40. The average molecular weight is 320 g/mol. The second-order valence-electron chi connectivity index (χ2n) is 4.49. The minimum Gasteiger partial charge on any atom is -0.324 e. The summed E-state index contributed by atoms with van der Waals surface area (Å²) < 4.78 is 23.3. The van der Waals surface area contributed by atoms with E-state index in [1.54, 1.807) is 0 Å². The second-order valence-corrected chi connectivity index (χ2v) is 7.55. The SMILES string of the molecule is Cc1cc(C(N)CCS(C)(=O)=O)cc(C)c1Br. The van der Waals surface area contributed by atoms with E-state index in [0.717, 1.165) is 21.2 Å². The molecule has 2 N–H and O–H groups in total. The minimum absolute atomic E-state index is 0.127. The molecule has 1 aromatic carbocycles. The molecule has 0 radical (unpaired) electrons. The number of rotatable bonds is 4. The highest BCUT2D eigenvalue weighted by molar-refractivity contribution is 9.10. The van der Waals surface area contributed by atoms with Gasteiger partial charge in [-0.05, 0) is 37.0 Å². The van der Waals surface area contributed by atoms with Crippen LogP contribution in [0.2, 0.25) is 0 Å². The van der Waals surface area contributed by atoms with Gasteiger partial charge in [-0.15, -0.1) is 0 Å². The summed E-state index contributed by atoms with van der Waals surface area (Å²) >= 11 is 3.50. The van der Waals surface area contributed by atoms with Crippen LogP contribution in [0.1, 0.15) is 29.2 Å². The van der Waals surface area contributed by atoms with Crippen LogP contribution < -0.4 is 5.73 Å². The van der Waals surface area contributed by atoms with Crippen LogP contribution in [0.25, 0.3) is 0 Å². The molecule has 0 aliphatic carbocycles. The monoisotopic (exact) mass is 319 g/mol. The normalized spacial score (nSPS) is 13.7. The smallest absolute Gasteiger partial charge is 0.147 e. The van der Waals surface area contributed by atoms with Crippen molar-refractivity contribution >= 4 is 25.8 Å². The molecule has 1 unspecified atom stereocenters. The molecule has 0 spiro atoms. The highest BCUT2D eigenvalue weighted by Crippen LogP contribution is 2.26. The quantitative estimate of drug-likeness (QED) is 0.927. The number of nitrogens with two attached hydrogens (primary N) is 1. The van der Waals surface area contributed by atoms with Crippen molar-refractivity contribution in [3.8, 4) is 0 Å². The van der Waals surface area contributed by atoms with Crippen molar-refractivity contribution in [3.63, 3.8) is 0 Å². The fourth-order valence-electron chi connectivity index (χ4n) is 1.70. The molecular weight excluding hydrogens is 302 g/mol. The summed E-state index contributed by atoms with van der Waals surface area (Å²) in [5, 5.41) is 0. The summed E-state index contributed by atoms with van der Waals surface area (Å²) in [6.07, 6.45) is 1.69. The number of aryl methyl sites for hydroxylation is 2. The molecule has 17 heavy (non-hydrogen) atoms. The Morgan fingerprint density at radius 1 is 1.29 bits per heavy atom. The van der Waals surface area contributed by atoms with Gasteiger partial charge >= 0.3 is 0 Å². The molecule has 1 atom stereocenters. The van der Waals surface area contributed by atoms with E-state index in [-0.39, 0.29) is 11.8 Å². The van der Waals surface area contributed by atoms with Crippen LogP contribution in [0.15, 0.2) is 16.6 Å². The third-order valence-corrected chi connectivity index (χ3v) is 4.91. The van der Waals surface area contributed by atoms with E-state index in [1.807, 2.05) is 26.0 Å². The number of hydrogen-bond acceptors (Lipinski definition) is 3. The molecule has 0 bridgehead atoms. The first-order valence-corrected chi connectivity index (χ1v) is 8.26. The summed E-state index contributed by atoms with van der Waals surface area (Å²) in [5.74, 6) is 0.127. The van der Waals surface area contributed by atoms with Crippen molar-refractivity contribution in [2.24, 2.45) is 5.73 Å². The summed E-state index contributed by atoms with van der Waals surface area (Å²) in [7, 11) is -2.94. The Morgan fingerprint density at radius 3 is 2.18 bits per heavy atom. The molecule has 0 heterocycles. The summed E-state index contributed by atoms with van der Waals surface area (Å²) in [6.45, 7) is 4.01. The number of halogens is 1. The Labute approximate surface area is 111 Å². The van der Waals surface area contributed by atoms with E-state index < -0.39 is 9.84 Å². The van der Waals surface area contributed by atoms with E-state index in [0.29, 0.717) is 6.42 Å². The van der Waals surface area contributed by atoms with Crippen LogP contribution >= 0.6 is 15.9 Å². The first-order chi connectivity index (χ1) is 7.70. The molecule has 3 nitrogen and oxygen atoms in total. The Bertz CT molecular complexity index is 488. The zero-order valence-electron chi connectivity index (χ0n) is 10.3. The molecule has 96 valence electrons. The van der Waals surface area contributed by atoms with Crippen LogP contribution in [-0.2, 0) is 9.84 Å². The predicted octanol–water partition coefficient (Wildman–Crippen LogP) is 2.50. The Balaban J connectivity index is 2.86. The third-order valence-electron chi connectivity index (χ3n) is 2.69. The lowest BCUT2D eigenvalue weighted by Gasteiger charge is -2.14. The van der Waals surface area contributed by atoms with Gasteiger partial charge in [0, 0.05) is 16.8 Å².